The van der Waals surface area contributed by atoms with E-state index in [0.29, 0.717) is 5.92 Å². The van der Waals surface area contributed by atoms with E-state index in [4.69, 9.17) is 4.98 Å². The Balaban J connectivity index is 1.83. The molecule has 1 aliphatic heterocycles. The van der Waals surface area contributed by atoms with Gasteiger partial charge >= 0.3 is 0 Å². The van der Waals surface area contributed by atoms with E-state index >= 15 is 0 Å². The Morgan fingerprint density at radius 2 is 2.11 bits per heavy atom. The first kappa shape index (κ1) is 12.7. The molecule has 3 heteroatoms. The maximum atomic E-state index is 4.81. The van der Waals surface area contributed by atoms with Crippen LogP contribution in [0.4, 0.5) is 0 Å². The summed E-state index contributed by atoms with van der Waals surface area (Å²) in [5, 5.41) is 2.48. The second-order valence-corrected chi connectivity index (χ2v) is 5.97. The van der Waals surface area contributed by atoms with Crippen molar-refractivity contribution in [1.82, 2.24) is 14.5 Å². The van der Waals surface area contributed by atoms with Crippen LogP contribution >= 0.6 is 0 Å². The molecule has 0 spiro atoms. The zero-order valence-corrected chi connectivity index (χ0v) is 12.0. The maximum Gasteiger partial charge on any atom is 0.123 e. The van der Waals surface area contributed by atoms with Crippen LogP contribution in [0.25, 0.3) is 12.2 Å². The normalized spacial score (nSPS) is 23.7. The largest absolute Gasteiger partial charge is 0.330 e. The molecule has 1 unspecified atom stereocenters. The molecule has 0 N–H and O–H groups in total. The minimum absolute atomic E-state index is 0.633. The van der Waals surface area contributed by atoms with E-state index in [1.54, 1.807) is 0 Å². The molecule has 3 nitrogen and oxygen atoms in total. The van der Waals surface area contributed by atoms with E-state index in [0.717, 1.165) is 38.9 Å². The minimum Gasteiger partial charge on any atom is -0.330 e. The number of rotatable bonds is 2. The van der Waals surface area contributed by atoms with Crippen molar-refractivity contribution < 1.29 is 0 Å². The Kier molecular flexibility index (Phi) is 3.31. The van der Waals surface area contributed by atoms with Crippen molar-refractivity contribution in [2.75, 3.05) is 13.1 Å². The SMILES string of the molecule is C=C1CCN(Cc2nc3c(n2C)=CC(C)CC=3)CC1. The van der Waals surface area contributed by atoms with E-state index in [2.05, 4.69) is 42.2 Å². The highest BCUT2D eigenvalue weighted by Gasteiger charge is 2.16. The van der Waals surface area contributed by atoms with Crippen molar-refractivity contribution in [2.45, 2.75) is 32.7 Å². The summed E-state index contributed by atoms with van der Waals surface area (Å²) in [6.07, 6.45) is 8.03. The smallest absolute Gasteiger partial charge is 0.123 e. The average molecular weight is 257 g/mol. The predicted molar refractivity (Wildman–Crippen MR) is 78.8 cm³/mol. The third-order valence-corrected chi connectivity index (χ3v) is 4.31. The summed E-state index contributed by atoms with van der Waals surface area (Å²) in [5.74, 6) is 1.83. The van der Waals surface area contributed by atoms with Crippen molar-refractivity contribution in [3.63, 3.8) is 0 Å². The molecule has 2 aliphatic rings. The number of likely N-dealkylation sites (tertiary alicyclic amines) is 1. The molecule has 0 bridgehead atoms. The fraction of sp³-hybridized carbons (Fsp3) is 0.562. The summed E-state index contributed by atoms with van der Waals surface area (Å²) in [6, 6.07) is 0. The van der Waals surface area contributed by atoms with Gasteiger partial charge in [0.05, 0.1) is 17.2 Å². The standard InChI is InChI=1S/C16H23N3/c1-12-6-8-19(9-7-12)11-16-17-14-5-4-13(2)10-15(14)18(16)3/h5,10,13H,1,4,6-9,11H2,2-3H3. The molecule has 102 valence electrons. The van der Waals surface area contributed by atoms with Crippen molar-refractivity contribution in [1.29, 1.82) is 0 Å². The number of hydrogen-bond donors (Lipinski definition) is 0. The molecule has 1 atom stereocenters. The summed E-state index contributed by atoms with van der Waals surface area (Å²) >= 11 is 0. The number of piperidine rings is 1. The first-order valence-corrected chi connectivity index (χ1v) is 7.26. The van der Waals surface area contributed by atoms with Crippen LogP contribution in [0, 0.1) is 5.92 Å². The number of hydrogen-bond acceptors (Lipinski definition) is 2. The highest BCUT2D eigenvalue weighted by molar-refractivity contribution is 5.36. The first-order valence-electron chi connectivity index (χ1n) is 7.26. The third-order valence-electron chi connectivity index (χ3n) is 4.31. The van der Waals surface area contributed by atoms with E-state index in [1.165, 1.54) is 22.1 Å². The minimum atomic E-state index is 0.633. The third kappa shape index (κ3) is 2.52. The molecule has 1 aromatic heterocycles. The van der Waals surface area contributed by atoms with Gasteiger partial charge in [0.25, 0.3) is 0 Å². The van der Waals surface area contributed by atoms with E-state index in [1.807, 2.05) is 0 Å². The van der Waals surface area contributed by atoms with Gasteiger partial charge < -0.3 is 4.57 Å². The molecule has 2 heterocycles. The van der Waals surface area contributed by atoms with Crippen LogP contribution in [0.5, 0.6) is 0 Å². The Hall–Kier alpha value is -1.35. The van der Waals surface area contributed by atoms with E-state index in [-0.39, 0.29) is 0 Å². The van der Waals surface area contributed by atoms with Crippen molar-refractivity contribution in [2.24, 2.45) is 13.0 Å². The van der Waals surface area contributed by atoms with Crippen LogP contribution < -0.4 is 10.7 Å². The Morgan fingerprint density at radius 3 is 2.84 bits per heavy atom. The molecule has 1 aliphatic carbocycles. The van der Waals surface area contributed by atoms with Gasteiger partial charge in [0.1, 0.15) is 5.82 Å². The van der Waals surface area contributed by atoms with Crippen molar-refractivity contribution in [3.8, 4) is 0 Å². The van der Waals surface area contributed by atoms with E-state index in [9.17, 15) is 0 Å². The molecule has 0 radical (unpaired) electrons. The van der Waals surface area contributed by atoms with Gasteiger partial charge in [-0.2, -0.15) is 0 Å². The highest BCUT2D eigenvalue weighted by Crippen LogP contribution is 2.15. The highest BCUT2D eigenvalue weighted by atomic mass is 15.2. The van der Waals surface area contributed by atoms with Crippen LogP contribution in [0.1, 0.15) is 32.0 Å². The molecule has 0 saturated carbocycles. The number of fused-ring (bicyclic) bond motifs is 1. The number of nitrogens with zero attached hydrogens (tertiary/aromatic N) is 3. The Labute approximate surface area is 114 Å². The monoisotopic (exact) mass is 257 g/mol. The zero-order valence-electron chi connectivity index (χ0n) is 12.0. The van der Waals surface area contributed by atoms with Crippen LogP contribution in [0.3, 0.4) is 0 Å². The lowest BCUT2D eigenvalue weighted by Crippen LogP contribution is -2.33. The first-order chi connectivity index (χ1) is 9.13. The molecular formula is C16H23N3. The molecule has 1 fully saturated rings. The fourth-order valence-corrected chi connectivity index (χ4v) is 2.93. The summed E-state index contributed by atoms with van der Waals surface area (Å²) in [4.78, 5) is 7.30. The van der Waals surface area contributed by atoms with Gasteiger partial charge in [-0.05, 0) is 25.2 Å². The Morgan fingerprint density at radius 1 is 1.37 bits per heavy atom. The van der Waals surface area contributed by atoms with Gasteiger partial charge in [-0.15, -0.1) is 0 Å². The molecule has 0 amide bonds. The molecule has 1 saturated heterocycles. The second kappa shape index (κ2) is 4.97. The van der Waals surface area contributed by atoms with Crippen molar-refractivity contribution >= 4 is 12.2 Å². The van der Waals surface area contributed by atoms with Crippen molar-refractivity contribution in [3.05, 3.63) is 28.7 Å². The average Bonchev–Trinajstić information content (AvgIpc) is 2.70. The quantitative estimate of drug-likeness (QED) is 0.742. The van der Waals surface area contributed by atoms with Crippen LogP contribution in [0.2, 0.25) is 0 Å². The summed E-state index contributed by atoms with van der Waals surface area (Å²) in [7, 11) is 2.15. The topological polar surface area (TPSA) is 21.1 Å². The summed E-state index contributed by atoms with van der Waals surface area (Å²) in [6.45, 7) is 9.56. The lowest BCUT2D eigenvalue weighted by molar-refractivity contribution is 0.240. The summed E-state index contributed by atoms with van der Waals surface area (Å²) < 4.78 is 2.27. The maximum absolute atomic E-state index is 4.81. The van der Waals surface area contributed by atoms with Crippen LogP contribution in [0.15, 0.2) is 12.2 Å². The number of aromatic nitrogens is 2. The zero-order chi connectivity index (χ0) is 13.4. The predicted octanol–water partition coefficient (Wildman–Crippen LogP) is 1.17. The second-order valence-electron chi connectivity index (χ2n) is 5.97. The van der Waals surface area contributed by atoms with Gasteiger partial charge in [-0.25, -0.2) is 4.98 Å². The molecule has 3 rings (SSSR count). The van der Waals surface area contributed by atoms with Gasteiger partial charge in [0.15, 0.2) is 0 Å². The van der Waals surface area contributed by atoms with Gasteiger partial charge in [0, 0.05) is 20.1 Å². The summed E-state index contributed by atoms with van der Waals surface area (Å²) in [5.41, 5.74) is 1.39. The van der Waals surface area contributed by atoms with Gasteiger partial charge in [-0.3, -0.25) is 4.90 Å². The molecular weight excluding hydrogens is 234 g/mol. The molecule has 1 aromatic rings. The van der Waals surface area contributed by atoms with Gasteiger partial charge in [0.2, 0.25) is 0 Å². The Bertz CT molecular complexity index is 599. The van der Waals surface area contributed by atoms with E-state index < -0.39 is 0 Å². The fourth-order valence-electron chi connectivity index (χ4n) is 2.93. The molecule has 0 aromatic carbocycles. The van der Waals surface area contributed by atoms with Crippen LogP contribution in [-0.4, -0.2) is 27.5 Å². The lowest BCUT2D eigenvalue weighted by Gasteiger charge is -2.27. The van der Waals surface area contributed by atoms with Gasteiger partial charge in [-0.1, -0.05) is 31.2 Å². The van der Waals surface area contributed by atoms with Crippen LogP contribution in [-0.2, 0) is 13.6 Å². The molecule has 19 heavy (non-hydrogen) atoms. The number of imidazole rings is 1. The lowest BCUT2D eigenvalue weighted by atomic mass is 10.0.